The fraction of sp³-hybridized carbons (Fsp3) is 0.409. The maximum Gasteiger partial charge on any atom is 0.407 e. The first kappa shape index (κ1) is 37.6. The number of ether oxygens (including phenoxy) is 1. The van der Waals surface area contributed by atoms with Gasteiger partial charge in [0.2, 0.25) is 11.8 Å². The fourth-order valence-electron chi connectivity index (χ4n) is 9.93. The van der Waals surface area contributed by atoms with Crippen molar-refractivity contribution >= 4 is 17.9 Å². The molecule has 2 bridgehead atoms. The van der Waals surface area contributed by atoms with Gasteiger partial charge in [-0.2, -0.15) is 8.78 Å². The number of amides is 3. The van der Waals surface area contributed by atoms with Crippen molar-refractivity contribution in [2.24, 2.45) is 23.7 Å². The van der Waals surface area contributed by atoms with Gasteiger partial charge in [0.15, 0.2) is 0 Å². The second-order valence-electron chi connectivity index (χ2n) is 16.5. The minimum atomic E-state index is -3.27. The standard InChI is InChI=1S/C44H46F2N8O4/c1-23(2)38(53-43(57)58-3)42(56)54-15-5-7-35(54)39-48-21-33(51-39)25-10-12-29-30-13-11-26(18-32(30)44(45,46)31(29)17-25)34-22-49-40(52-34)36-27-8-9-28(16-27)37(36)41(55)50-20-24-6-4-14-47-19-24/h4,6,10-14,17-19,21-23,27-28,35-38H,5,7-9,15-16,20H2,1-3H3,(H,48,51)(H,49,52)(H,50,55)(H,53,57)/t27?,28?,35-,36+,37+,38-/m0/s1. The van der Waals surface area contributed by atoms with E-state index in [2.05, 4.69) is 30.6 Å². The lowest BCUT2D eigenvalue weighted by Crippen LogP contribution is -2.51. The predicted octanol–water partition coefficient (Wildman–Crippen LogP) is 7.47. The zero-order valence-corrected chi connectivity index (χ0v) is 32.6. The van der Waals surface area contributed by atoms with Crippen molar-refractivity contribution in [1.29, 1.82) is 0 Å². The Morgan fingerprint density at radius 1 is 0.914 bits per heavy atom. The molecule has 300 valence electrons. The van der Waals surface area contributed by atoms with Crippen LogP contribution in [0, 0.1) is 23.7 Å². The van der Waals surface area contributed by atoms with E-state index in [0.29, 0.717) is 64.9 Å². The Kier molecular flexibility index (Phi) is 9.60. The van der Waals surface area contributed by atoms with Crippen LogP contribution in [-0.2, 0) is 26.8 Å². The molecule has 4 heterocycles. The van der Waals surface area contributed by atoms with Crippen molar-refractivity contribution in [2.45, 2.75) is 76.4 Å². The Morgan fingerprint density at radius 3 is 2.24 bits per heavy atom. The number of likely N-dealkylation sites (tertiary alicyclic amines) is 1. The van der Waals surface area contributed by atoms with E-state index in [1.165, 1.54) is 13.2 Å². The number of halogens is 2. The van der Waals surface area contributed by atoms with Gasteiger partial charge in [0.05, 0.1) is 42.9 Å². The molecule has 3 aliphatic carbocycles. The number of nitrogens with zero attached hydrogens (tertiary/aromatic N) is 4. The van der Waals surface area contributed by atoms with Crippen molar-refractivity contribution < 1.29 is 27.9 Å². The van der Waals surface area contributed by atoms with Gasteiger partial charge in [0.1, 0.15) is 17.7 Å². The summed E-state index contributed by atoms with van der Waals surface area (Å²) in [4.78, 5) is 61.1. The first-order valence-electron chi connectivity index (χ1n) is 20.1. The van der Waals surface area contributed by atoms with Gasteiger partial charge in [0.25, 0.3) is 5.92 Å². The molecule has 3 aromatic heterocycles. The molecular weight excluding hydrogens is 743 g/mol. The van der Waals surface area contributed by atoms with E-state index in [0.717, 1.165) is 37.1 Å². The average Bonchev–Trinajstić information content (AvgIpc) is 4.10. The number of methoxy groups -OCH3 is 1. The van der Waals surface area contributed by atoms with E-state index in [-0.39, 0.29) is 52.7 Å². The van der Waals surface area contributed by atoms with Crippen LogP contribution in [0.2, 0.25) is 0 Å². The van der Waals surface area contributed by atoms with Gasteiger partial charge in [0, 0.05) is 53.7 Å². The number of pyridine rings is 1. The van der Waals surface area contributed by atoms with E-state index in [1.807, 2.05) is 38.1 Å². The summed E-state index contributed by atoms with van der Waals surface area (Å²) < 4.78 is 37.7. The van der Waals surface area contributed by atoms with Gasteiger partial charge in [-0.3, -0.25) is 14.6 Å². The first-order valence-corrected chi connectivity index (χ1v) is 20.1. The minimum Gasteiger partial charge on any atom is -0.453 e. The van der Waals surface area contributed by atoms with E-state index in [9.17, 15) is 14.4 Å². The summed E-state index contributed by atoms with van der Waals surface area (Å²) in [7, 11) is 1.26. The molecule has 4 N–H and O–H groups in total. The van der Waals surface area contributed by atoms with Crippen LogP contribution in [0.15, 0.2) is 73.3 Å². The number of alkyl halides is 2. The van der Waals surface area contributed by atoms with Gasteiger partial charge in [-0.25, -0.2) is 14.8 Å². The molecule has 4 aliphatic rings. The molecule has 5 aromatic rings. The number of nitrogens with one attached hydrogen (secondary N) is 4. The summed E-state index contributed by atoms with van der Waals surface area (Å²) in [5.41, 5.74) is 4.05. The van der Waals surface area contributed by atoms with Gasteiger partial charge in [-0.05, 0) is 84.7 Å². The lowest BCUT2D eigenvalue weighted by molar-refractivity contribution is -0.135. The van der Waals surface area contributed by atoms with Crippen LogP contribution in [0.25, 0.3) is 33.6 Å². The molecule has 1 aliphatic heterocycles. The summed E-state index contributed by atoms with van der Waals surface area (Å²) in [6.45, 7) is 4.62. The molecule has 0 radical (unpaired) electrons. The number of carbonyl (C=O) groups excluding carboxylic acids is 3. The van der Waals surface area contributed by atoms with Crippen LogP contribution in [0.1, 0.15) is 86.3 Å². The summed E-state index contributed by atoms with van der Waals surface area (Å²) in [6, 6.07) is 12.8. The minimum absolute atomic E-state index is 0.0139. The van der Waals surface area contributed by atoms with Crippen LogP contribution in [0.5, 0.6) is 0 Å². The van der Waals surface area contributed by atoms with Gasteiger partial charge in [-0.1, -0.05) is 44.2 Å². The fourth-order valence-corrected chi connectivity index (χ4v) is 9.93. The van der Waals surface area contributed by atoms with E-state index < -0.39 is 18.1 Å². The van der Waals surface area contributed by atoms with Crippen molar-refractivity contribution in [3.63, 3.8) is 0 Å². The molecule has 1 saturated heterocycles. The largest absolute Gasteiger partial charge is 0.453 e. The highest BCUT2D eigenvalue weighted by molar-refractivity contribution is 5.87. The maximum atomic E-state index is 16.5. The molecule has 14 heteroatoms. The number of benzene rings is 2. The van der Waals surface area contributed by atoms with Crippen molar-refractivity contribution in [2.75, 3.05) is 13.7 Å². The second-order valence-corrected chi connectivity index (χ2v) is 16.5. The number of hydrogen-bond donors (Lipinski definition) is 4. The highest BCUT2D eigenvalue weighted by Crippen LogP contribution is 2.57. The number of aromatic nitrogens is 5. The van der Waals surface area contributed by atoms with Crippen LogP contribution in [0.3, 0.4) is 0 Å². The number of imidazole rings is 2. The molecule has 2 aromatic carbocycles. The third kappa shape index (κ3) is 6.51. The monoisotopic (exact) mass is 788 g/mol. The van der Waals surface area contributed by atoms with Crippen LogP contribution in [-0.4, -0.2) is 67.4 Å². The van der Waals surface area contributed by atoms with Crippen LogP contribution >= 0.6 is 0 Å². The summed E-state index contributed by atoms with van der Waals surface area (Å²) in [6.07, 6.45) is 10.5. The summed E-state index contributed by atoms with van der Waals surface area (Å²) in [5, 5.41) is 5.77. The molecule has 6 atom stereocenters. The number of rotatable bonds is 10. The van der Waals surface area contributed by atoms with E-state index in [1.54, 1.807) is 47.9 Å². The Bertz CT molecular complexity index is 2380. The third-order valence-electron chi connectivity index (χ3n) is 12.8. The SMILES string of the molecule is COC(=O)N[C@H](C(=O)N1CCC[C@H]1c1ncc(-c2ccc3c(c2)C(F)(F)c2cc(-c4cnc([C@@H]5C6CCC(C6)[C@H]5C(=O)NCc5cccnc5)[nH]4)ccc2-3)[nH]1)C(C)C. The predicted molar refractivity (Wildman–Crippen MR) is 211 cm³/mol. The first-order chi connectivity index (χ1) is 28.0. The third-order valence-corrected chi connectivity index (χ3v) is 12.8. The summed E-state index contributed by atoms with van der Waals surface area (Å²) >= 11 is 0. The number of fused-ring (bicyclic) bond motifs is 5. The lowest BCUT2D eigenvalue weighted by Gasteiger charge is -2.30. The molecule has 9 rings (SSSR count). The van der Waals surface area contributed by atoms with Crippen molar-refractivity contribution in [3.05, 3.63) is 102 Å². The molecule has 3 amide bonds. The van der Waals surface area contributed by atoms with Crippen LogP contribution in [0.4, 0.5) is 13.6 Å². The zero-order valence-electron chi connectivity index (χ0n) is 32.6. The molecule has 58 heavy (non-hydrogen) atoms. The number of carbonyl (C=O) groups is 3. The van der Waals surface area contributed by atoms with E-state index in [4.69, 9.17) is 9.72 Å². The molecular formula is C44H46F2N8O4. The normalized spacial score (nSPS) is 23.1. The number of aromatic amines is 2. The Morgan fingerprint density at radius 2 is 1.59 bits per heavy atom. The quantitative estimate of drug-likeness (QED) is 0.114. The van der Waals surface area contributed by atoms with Crippen molar-refractivity contribution in [1.82, 2.24) is 40.5 Å². The molecule has 2 saturated carbocycles. The molecule has 12 nitrogen and oxygen atoms in total. The van der Waals surface area contributed by atoms with Gasteiger partial charge in [-0.15, -0.1) is 0 Å². The summed E-state index contributed by atoms with van der Waals surface area (Å²) in [5.74, 6) is -2.02. The number of H-pyrrole nitrogens is 2. The Balaban J connectivity index is 0.928. The average molecular weight is 789 g/mol. The molecule has 0 spiro atoms. The maximum absolute atomic E-state index is 16.5. The number of hydrogen-bond acceptors (Lipinski definition) is 7. The number of alkyl carbamates (subject to hydrolysis) is 1. The smallest absolute Gasteiger partial charge is 0.407 e. The Labute approximate surface area is 334 Å². The second kappa shape index (κ2) is 14.8. The van der Waals surface area contributed by atoms with E-state index >= 15 is 8.78 Å². The zero-order chi connectivity index (χ0) is 40.3. The van der Waals surface area contributed by atoms with Crippen LogP contribution < -0.4 is 10.6 Å². The molecule has 3 fully saturated rings. The lowest BCUT2D eigenvalue weighted by atomic mass is 9.78. The highest BCUT2D eigenvalue weighted by Gasteiger charge is 2.52. The Hall–Kier alpha value is -5.92. The molecule has 2 unspecified atom stereocenters. The van der Waals surface area contributed by atoms with Gasteiger partial charge >= 0.3 is 6.09 Å². The highest BCUT2D eigenvalue weighted by atomic mass is 19.3. The van der Waals surface area contributed by atoms with Gasteiger partial charge < -0.3 is 30.2 Å². The topological polar surface area (TPSA) is 158 Å². The van der Waals surface area contributed by atoms with Crippen molar-refractivity contribution in [3.8, 4) is 33.6 Å².